The van der Waals surface area contributed by atoms with Crippen LogP contribution in [0.1, 0.15) is 38.3 Å². The Hall–Kier alpha value is -1.75. The first-order valence-electron chi connectivity index (χ1n) is 7.05. The fourth-order valence-corrected chi connectivity index (χ4v) is 2.62. The number of rotatable bonds is 4. The minimum Gasteiger partial charge on any atom is -0.508 e. The van der Waals surface area contributed by atoms with Gasteiger partial charge in [-0.2, -0.15) is 0 Å². The molecule has 1 aliphatic rings. The van der Waals surface area contributed by atoms with E-state index in [0.717, 1.165) is 31.5 Å². The lowest BCUT2D eigenvalue weighted by Crippen LogP contribution is -2.44. The highest BCUT2D eigenvalue weighted by Gasteiger charge is 2.24. The minimum atomic E-state index is -0.285. The molecule has 1 saturated heterocycles. The van der Waals surface area contributed by atoms with Crippen molar-refractivity contribution >= 4 is 5.91 Å². The Morgan fingerprint density at radius 3 is 2.25 bits per heavy atom. The van der Waals surface area contributed by atoms with E-state index in [1.807, 2.05) is 18.7 Å². The van der Waals surface area contributed by atoms with Crippen LogP contribution in [0.5, 0.6) is 11.5 Å². The van der Waals surface area contributed by atoms with E-state index in [1.165, 1.54) is 6.07 Å². The molecule has 0 aromatic heterocycles. The molecule has 2 unspecified atom stereocenters. The van der Waals surface area contributed by atoms with Crippen molar-refractivity contribution in [3.63, 3.8) is 0 Å². The maximum absolute atomic E-state index is 12.2. The fraction of sp³-hybridized carbons (Fsp3) is 0.533. The summed E-state index contributed by atoms with van der Waals surface area (Å²) in [4.78, 5) is 14.1. The molecule has 20 heavy (non-hydrogen) atoms. The molecule has 1 heterocycles. The third-order valence-corrected chi connectivity index (χ3v) is 3.71. The number of carbonyl (C=O) groups is 1. The van der Waals surface area contributed by atoms with Gasteiger partial charge in [0.05, 0.1) is 6.04 Å². The van der Waals surface area contributed by atoms with Crippen LogP contribution in [0.2, 0.25) is 0 Å². The quantitative estimate of drug-likeness (QED) is 0.784. The third kappa shape index (κ3) is 3.42. The Labute approximate surface area is 119 Å². The summed E-state index contributed by atoms with van der Waals surface area (Å²) >= 11 is 0. The predicted molar refractivity (Wildman–Crippen MR) is 76.6 cm³/mol. The van der Waals surface area contributed by atoms with E-state index in [-0.39, 0.29) is 29.5 Å². The summed E-state index contributed by atoms with van der Waals surface area (Å²) in [6.07, 6.45) is 2.16. The Balaban J connectivity index is 1.99. The monoisotopic (exact) mass is 278 g/mol. The highest BCUT2D eigenvalue weighted by molar-refractivity contribution is 5.81. The zero-order valence-corrected chi connectivity index (χ0v) is 12.0. The van der Waals surface area contributed by atoms with Gasteiger partial charge in [-0.1, -0.05) is 0 Å². The number of hydrogen-bond donors (Lipinski definition) is 3. The SMILES string of the molecule is CC(NC(C)c1cc(O)cc(O)c1)C(=O)N1CCCC1. The number of nitrogens with zero attached hydrogens (tertiary/aromatic N) is 1. The Kier molecular flexibility index (Phi) is 4.49. The van der Waals surface area contributed by atoms with Crippen LogP contribution in [-0.4, -0.2) is 40.2 Å². The molecule has 3 N–H and O–H groups in total. The van der Waals surface area contributed by atoms with E-state index >= 15 is 0 Å². The molecule has 0 aliphatic carbocycles. The first-order valence-corrected chi connectivity index (χ1v) is 7.05. The second-order valence-corrected chi connectivity index (χ2v) is 5.43. The molecule has 1 amide bonds. The van der Waals surface area contributed by atoms with Crippen LogP contribution >= 0.6 is 0 Å². The van der Waals surface area contributed by atoms with Gasteiger partial charge in [0, 0.05) is 25.2 Å². The van der Waals surface area contributed by atoms with Crippen LogP contribution in [0.15, 0.2) is 18.2 Å². The van der Waals surface area contributed by atoms with Gasteiger partial charge in [-0.05, 0) is 44.4 Å². The summed E-state index contributed by atoms with van der Waals surface area (Å²) in [6.45, 7) is 5.43. The molecule has 0 saturated carbocycles. The molecule has 0 radical (unpaired) electrons. The second-order valence-electron chi connectivity index (χ2n) is 5.43. The van der Waals surface area contributed by atoms with Crippen molar-refractivity contribution < 1.29 is 15.0 Å². The molecule has 5 nitrogen and oxygen atoms in total. The fourth-order valence-electron chi connectivity index (χ4n) is 2.62. The number of likely N-dealkylation sites (tertiary alicyclic amines) is 1. The van der Waals surface area contributed by atoms with Gasteiger partial charge in [-0.25, -0.2) is 0 Å². The number of hydrogen-bond acceptors (Lipinski definition) is 4. The van der Waals surface area contributed by atoms with Gasteiger partial charge < -0.3 is 15.1 Å². The second kappa shape index (κ2) is 6.13. The molecule has 2 rings (SSSR count). The molecule has 0 bridgehead atoms. The molecular weight excluding hydrogens is 256 g/mol. The van der Waals surface area contributed by atoms with E-state index in [1.54, 1.807) is 12.1 Å². The van der Waals surface area contributed by atoms with Crippen molar-refractivity contribution in [2.45, 2.75) is 38.8 Å². The summed E-state index contributed by atoms with van der Waals surface area (Å²) in [5.41, 5.74) is 0.753. The average molecular weight is 278 g/mol. The van der Waals surface area contributed by atoms with Crippen molar-refractivity contribution in [3.8, 4) is 11.5 Å². The maximum Gasteiger partial charge on any atom is 0.239 e. The minimum absolute atomic E-state index is 0.0205. The topological polar surface area (TPSA) is 72.8 Å². The van der Waals surface area contributed by atoms with Gasteiger partial charge in [0.15, 0.2) is 0 Å². The van der Waals surface area contributed by atoms with Gasteiger partial charge in [-0.3, -0.25) is 10.1 Å². The summed E-state index contributed by atoms with van der Waals surface area (Å²) in [7, 11) is 0. The van der Waals surface area contributed by atoms with Crippen molar-refractivity contribution in [2.75, 3.05) is 13.1 Å². The van der Waals surface area contributed by atoms with Crippen molar-refractivity contribution in [1.29, 1.82) is 0 Å². The zero-order chi connectivity index (χ0) is 14.7. The lowest BCUT2D eigenvalue weighted by atomic mass is 10.1. The number of nitrogens with one attached hydrogen (secondary N) is 1. The van der Waals surface area contributed by atoms with Crippen LogP contribution in [-0.2, 0) is 4.79 Å². The third-order valence-electron chi connectivity index (χ3n) is 3.71. The van der Waals surface area contributed by atoms with Crippen LogP contribution < -0.4 is 5.32 Å². The van der Waals surface area contributed by atoms with Gasteiger partial charge >= 0.3 is 0 Å². The van der Waals surface area contributed by atoms with Gasteiger partial charge in [0.2, 0.25) is 5.91 Å². The summed E-state index contributed by atoms with van der Waals surface area (Å²) in [6, 6.07) is 4.05. The summed E-state index contributed by atoms with van der Waals surface area (Å²) < 4.78 is 0. The summed E-state index contributed by atoms with van der Waals surface area (Å²) in [5, 5.41) is 22.2. The first-order chi connectivity index (χ1) is 9.47. The Bertz CT molecular complexity index is 464. The van der Waals surface area contributed by atoms with Gasteiger partial charge in [0.1, 0.15) is 11.5 Å². The molecule has 1 aromatic carbocycles. The zero-order valence-electron chi connectivity index (χ0n) is 12.0. The van der Waals surface area contributed by atoms with E-state index in [9.17, 15) is 15.0 Å². The number of aromatic hydroxyl groups is 2. The smallest absolute Gasteiger partial charge is 0.239 e. The average Bonchev–Trinajstić information content (AvgIpc) is 2.90. The molecular formula is C15H22N2O3. The highest BCUT2D eigenvalue weighted by atomic mass is 16.3. The van der Waals surface area contributed by atoms with Crippen LogP contribution in [0.25, 0.3) is 0 Å². The molecule has 1 aliphatic heterocycles. The van der Waals surface area contributed by atoms with E-state index < -0.39 is 0 Å². The highest BCUT2D eigenvalue weighted by Crippen LogP contribution is 2.25. The first kappa shape index (κ1) is 14.7. The molecule has 5 heteroatoms. The number of carbonyl (C=O) groups excluding carboxylic acids is 1. The number of phenols is 2. The van der Waals surface area contributed by atoms with Crippen LogP contribution in [0.4, 0.5) is 0 Å². The molecule has 1 fully saturated rings. The predicted octanol–water partition coefficient (Wildman–Crippen LogP) is 1.76. The van der Waals surface area contributed by atoms with Gasteiger partial charge in [0.25, 0.3) is 0 Å². The van der Waals surface area contributed by atoms with Crippen LogP contribution in [0, 0.1) is 0 Å². The summed E-state index contributed by atoms with van der Waals surface area (Å²) in [5.74, 6) is 0.151. The van der Waals surface area contributed by atoms with E-state index in [0.29, 0.717) is 0 Å². The lowest BCUT2D eigenvalue weighted by molar-refractivity contribution is -0.132. The molecule has 0 spiro atoms. The van der Waals surface area contributed by atoms with Crippen molar-refractivity contribution in [1.82, 2.24) is 10.2 Å². The molecule has 2 atom stereocenters. The van der Waals surface area contributed by atoms with Gasteiger partial charge in [-0.15, -0.1) is 0 Å². The standard InChI is InChI=1S/C15H22N2O3/c1-10(12-7-13(18)9-14(19)8-12)16-11(2)15(20)17-5-3-4-6-17/h7-11,16,18-19H,3-6H2,1-2H3. The lowest BCUT2D eigenvalue weighted by Gasteiger charge is -2.24. The van der Waals surface area contributed by atoms with Crippen LogP contribution in [0.3, 0.4) is 0 Å². The normalized spacial score (nSPS) is 18.0. The van der Waals surface area contributed by atoms with E-state index in [4.69, 9.17) is 0 Å². The largest absolute Gasteiger partial charge is 0.508 e. The Morgan fingerprint density at radius 2 is 1.70 bits per heavy atom. The number of phenolic OH excluding ortho intramolecular Hbond substituents is 2. The number of benzene rings is 1. The molecule has 1 aromatic rings. The molecule has 110 valence electrons. The Morgan fingerprint density at radius 1 is 1.15 bits per heavy atom. The number of amides is 1. The van der Waals surface area contributed by atoms with Crippen molar-refractivity contribution in [3.05, 3.63) is 23.8 Å². The maximum atomic E-state index is 12.2. The van der Waals surface area contributed by atoms with Crippen molar-refractivity contribution in [2.24, 2.45) is 0 Å². The van der Waals surface area contributed by atoms with E-state index in [2.05, 4.69) is 5.32 Å².